The van der Waals surface area contributed by atoms with E-state index in [1.165, 1.54) is 0 Å². The molecular weight excluding hydrogens is 170 g/mol. The van der Waals surface area contributed by atoms with Crippen LogP contribution in [0.4, 0.5) is 0 Å². The summed E-state index contributed by atoms with van der Waals surface area (Å²) in [4.78, 5) is 0. The molecule has 0 bridgehead atoms. The molecular formula is C13H17N. The summed E-state index contributed by atoms with van der Waals surface area (Å²) in [6.45, 7) is 5.90. The van der Waals surface area contributed by atoms with Gasteiger partial charge in [0.15, 0.2) is 0 Å². The smallest absolute Gasteiger partial charge is 0.00865 e. The van der Waals surface area contributed by atoms with Crippen LogP contribution in [0.3, 0.4) is 0 Å². The van der Waals surface area contributed by atoms with Gasteiger partial charge in [-0.15, -0.1) is 0 Å². The second kappa shape index (κ2) is 5.28. The molecule has 0 aliphatic heterocycles. The van der Waals surface area contributed by atoms with Gasteiger partial charge in [0, 0.05) is 5.70 Å². The molecule has 14 heavy (non-hydrogen) atoms. The summed E-state index contributed by atoms with van der Waals surface area (Å²) >= 11 is 0. The van der Waals surface area contributed by atoms with Gasteiger partial charge in [-0.2, -0.15) is 0 Å². The first-order chi connectivity index (χ1) is 6.77. The molecule has 0 amide bonds. The maximum absolute atomic E-state index is 5.87. The molecule has 0 saturated heterocycles. The fraction of sp³-hybridized carbons (Fsp3) is 0.231. The third-order valence-electron chi connectivity index (χ3n) is 2.10. The van der Waals surface area contributed by atoms with Crippen LogP contribution < -0.4 is 5.73 Å². The maximum Gasteiger partial charge on any atom is 0.00865 e. The Balaban J connectivity index is 2.95. The van der Waals surface area contributed by atoms with Crippen molar-refractivity contribution in [2.75, 3.05) is 0 Å². The van der Waals surface area contributed by atoms with Gasteiger partial charge in [-0.25, -0.2) is 0 Å². The molecule has 1 aromatic carbocycles. The fourth-order valence-corrected chi connectivity index (χ4v) is 1.39. The Morgan fingerprint density at radius 2 is 2.00 bits per heavy atom. The molecule has 1 heteroatoms. The van der Waals surface area contributed by atoms with Crippen LogP contribution in [-0.2, 0) is 0 Å². The highest BCUT2D eigenvalue weighted by Crippen LogP contribution is 2.14. The summed E-state index contributed by atoms with van der Waals surface area (Å²) in [6, 6.07) is 8.11. The van der Waals surface area contributed by atoms with Crippen LogP contribution in [0.5, 0.6) is 0 Å². The van der Waals surface area contributed by atoms with Crippen LogP contribution in [0.15, 0.2) is 36.5 Å². The summed E-state index contributed by atoms with van der Waals surface area (Å²) < 4.78 is 0. The zero-order valence-corrected chi connectivity index (χ0v) is 8.66. The highest BCUT2D eigenvalue weighted by atomic mass is 14.6. The van der Waals surface area contributed by atoms with E-state index in [1.807, 2.05) is 30.4 Å². The molecule has 0 spiro atoms. The Kier molecular flexibility index (Phi) is 3.99. The number of nitrogens with two attached hydrogens (primary N) is 1. The maximum atomic E-state index is 5.87. The molecule has 1 nitrogen and oxygen atoms in total. The molecule has 0 aliphatic carbocycles. The lowest BCUT2D eigenvalue weighted by molar-refractivity contribution is 0.899. The van der Waals surface area contributed by atoms with E-state index in [1.54, 1.807) is 0 Å². The number of benzene rings is 1. The van der Waals surface area contributed by atoms with Crippen molar-refractivity contribution in [3.05, 3.63) is 47.7 Å². The van der Waals surface area contributed by atoms with Crippen molar-refractivity contribution in [2.45, 2.75) is 19.8 Å². The van der Waals surface area contributed by atoms with Crippen molar-refractivity contribution < 1.29 is 0 Å². The lowest BCUT2D eigenvalue weighted by Crippen LogP contribution is -1.96. The topological polar surface area (TPSA) is 26.0 Å². The average Bonchev–Trinajstić information content (AvgIpc) is 2.19. The van der Waals surface area contributed by atoms with Gasteiger partial charge in [0.1, 0.15) is 0 Å². The SMILES string of the molecule is C=Cc1ccccc1/C=C(/N)CCC. The van der Waals surface area contributed by atoms with E-state index >= 15 is 0 Å². The minimum Gasteiger partial charge on any atom is -0.402 e. The normalized spacial score (nSPS) is 11.4. The number of hydrogen-bond donors (Lipinski definition) is 1. The predicted molar refractivity (Wildman–Crippen MR) is 63.6 cm³/mol. The standard InChI is InChI=1S/C13H17N/c1-3-7-13(14)10-12-9-6-5-8-11(12)4-2/h4-6,8-10H,2-3,7,14H2,1H3/b13-10+. The van der Waals surface area contributed by atoms with Gasteiger partial charge in [0.05, 0.1) is 0 Å². The molecule has 74 valence electrons. The molecule has 0 aromatic heterocycles. The first kappa shape index (κ1) is 10.6. The van der Waals surface area contributed by atoms with E-state index in [-0.39, 0.29) is 0 Å². The zero-order valence-electron chi connectivity index (χ0n) is 8.66. The molecule has 0 radical (unpaired) electrons. The Morgan fingerprint density at radius 1 is 1.36 bits per heavy atom. The van der Waals surface area contributed by atoms with Gasteiger partial charge < -0.3 is 5.73 Å². The lowest BCUT2D eigenvalue weighted by Gasteiger charge is -2.02. The van der Waals surface area contributed by atoms with Crippen molar-refractivity contribution in [1.82, 2.24) is 0 Å². The molecule has 0 unspecified atom stereocenters. The average molecular weight is 187 g/mol. The Hall–Kier alpha value is -1.50. The fourth-order valence-electron chi connectivity index (χ4n) is 1.39. The summed E-state index contributed by atoms with van der Waals surface area (Å²) in [6.07, 6.45) is 5.91. The van der Waals surface area contributed by atoms with E-state index in [2.05, 4.69) is 19.6 Å². The summed E-state index contributed by atoms with van der Waals surface area (Å²) in [5.41, 5.74) is 9.08. The molecule has 0 aliphatic rings. The molecule has 0 atom stereocenters. The molecule has 0 saturated carbocycles. The van der Waals surface area contributed by atoms with Gasteiger partial charge >= 0.3 is 0 Å². The number of allylic oxidation sites excluding steroid dienone is 1. The van der Waals surface area contributed by atoms with E-state index < -0.39 is 0 Å². The van der Waals surface area contributed by atoms with Crippen molar-refractivity contribution in [3.8, 4) is 0 Å². The molecule has 2 N–H and O–H groups in total. The van der Waals surface area contributed by atoms with Gasteiger partial charge in [-0.05, 0) is 23.6 Å². The Bertz CT molecular complexity index is 337. The van der Waals surface area contributed by atoms with E-state index in [4.69, 9.17) is 5.73 Å². The van der Waals surface area contributed by atoms with Crippen LogP contribution in [0.25, 0.3) is 12.2 Å². The lowest BCUT2D eigenvalue weighted by atomic mass is 10.1. The molecule has 1 rings (SSSR count). The molecule has 1 aromatic rings. The first-order valence-electron chi connectivity index (χ1n) is 4.95. The number of hydrogen-bond acceptors (Lipinski definition) is 1. The predicted octanol–water partition coefficient (Wildman–Crippen LogP) is 3.43. The molecule has 0 heterocycles. The van der Waals surface area contributed by atoms with E-state index in [9.17, 15) is 0 Å². The minimum atomic E-state index is 0.932. The van der Waals surface area contributed by atoms with Crippen molar-refractivity contribution in [1.29, 1.82) is 0 Å². The van der Waals surface area contributed by atoms with Crippen molar-refractivity contribution >= 4 is 12.2 Å². The van der Waals surface area contributed by atoms with Crippen LogP contribution in [0.2, 0.25) is 0 Å². The third kappa shape index (κ3) is 2.77. The first-order valence-corrected chi connectivity index (χ1v) is 4.95. The summed E-state index contributed by atoms with van der Waals surface area (Å²) in [5, 5.41) is 0. The van der Waals surface area contributed by atoms with Gasteiger partial charge in [-0.1, -0.05) is 50.3 Å². The Morgan fingerprint density at radius 3 is 2.57 bits per heavy atom. The highest BCUT2D eigenvalue weighted by molar-refractivity contribution is 5.65. The highest BCUT2D eigenvalue weighted by Gasteiger charge is 1.95. The van der Waals surface area contributed by atoms with E-state index in [0.717, 1.165) is 29.7 Å². The molecule has 0 fully saturated rings. The zero-order chi connectivity index (χ0) is 10.4. The quantitative estimate of drug-likeness (QED) is 0.767. The van der Waals surface area contributed by atoms with Crippen molar-refractivity contribution in [2.24, 2.45) is 5.73 Å². The second-order valence-electron chi connectivity index (χ2n) is 3.30. The minimum absolute atomic E-state index is 0.932. The largest absolute Gasteiger partial charge is 0.402 e. The van der Waals surface area contributed by atoms with Crippen LogP contribution >= 0.6 is 0 Å². The number of rotatable bonds is 4. The Labute approximate surface area is 85.9 Å². The van der Waals surface area contributed by atoms with Gasteiger partial charge in [0.25, 0.3) is 0 Å². The summed E-state index contributed by atoms with van der Waals surface area (Å²) in [5.74, 6) is 0. The van der Waals surface area contributed by atoms with Crippen LogP contribution in [0, 0.1) is 0 Å². The van der Waals surface area contributed by atoms with Crippen molar-refractivity contribution in [3.63, 3.8) is 0 Å². The van der Waals surface area contributed by atoms with Gasteiger partial charge in [0.2, 0.25) is 0 Å². The monoisotopic (exact) mass is 187 g/mol. The van der Waals surface area contributed by atoms with Crippen LogP contribution in [-0.4, -0.2) is 0 Å². The second-order valence-corrected chi connectivity index (χ2v) is 3.30. The third-order valence-corrected chi connectivity index (χ3v) is 2.10. The van der Waals surface area contributed by atoms with Gasteiger partial charge in [-0.3, -0.25) is 0 Å². The van der Waals surface area contributed by atoms with Crippen LogP contribution in [0.1, 0.15) is 30.9 Å². The summed E-state index contributed by atoms with van der Waals surface area (Å²) in [7, 11) is 0. The van der Waals surface area contributed by atoms with E-state index in [0.29, 0.717) is 0 Å².